The molecule has 112 valence electrons. The third-order valence-electron chi connectivity index (χ3n) is 3.01. The molecule has 1 amide bonds. The molecular formula is C18H17NO3. The Morgan fingerprint density at radius 2 is 1.73 bits per heavy atom. The van der Waals surface area contributed by atoms with Crippen molar-refractivity contribution in [1.82, 2.24) is 5.32 Å². The van der Waals surface area contributed by atoms with Crippen molar-refractivity contribution in [3.8, 4) is 5.75 Å². The highest BCUT2D eigenvalue weighted by atomic mass is 16.5. The highest BCUT2D eigenvalue weighted by Crippen LogP contribution is 2.13. The molecule has 0 bridgehead atoms. The number of ketones is 1. The lowest BCUT2D eigenvalue weighted by atomic mass is 10.1. The van der Waals surface area contributed by atoms with E-state index in [0.29, 0.717) is 11.3 Å². The fourth-order valence-corrected chi connectivity index (χ4v) is 1.77. The number of benzene rings is 2. The monoisotopic (exact) mass is 295 g/mol. The molecule has 0 radical (unpaired) electrons. The standard InChI is InChI=1S/C18H17NO3/c1-19-18(21)13-22-16-10-8-15(9-11-16)17(20)12-7-14-5-3-2-4-6-14/h2-12H,13H2,1H3,(H,19,21)/b12-7+. The average Bonchev–Trinajstić information content (AvgIpc) is 2.59. The number of ether oxygens (including phenoxy) is 1. The van der Waals surface area contributed by atoms with Crippen LogP contribution < -0.4 is 10.1 Å². The molecule has 2 rings (SSSR count). The van der Waals surface area contributed by atoms with Crippen molar-refractivity contribution in [3.63, 3.8) is 0 Å². The topological polar surface area (TPSA) is 55.4 Å². The van der Waals surface area contributed by atoms with E-state index in [1.54, 1.807) is 37.4 Å². The molecule has 0 aliphatic carbocycles. The van der Waals surface area contributed by atoms with Crippen molar-refractivity contribution in [2.24, 2.45) is 0 Å². The summed E-state index contributed by atoms with van der Waals surface area (Å²) in [6.45, 7) is -0.0439. The van der Waals surface area contributed by atoms with E-state index >= 15 is 0 Å². The SMILES string of the molecule is CNC(=O)COc1ccc(C(=O)/C=C/c2ccccc2)cc1. The second kappa shape index (κ2) is 7.78. The predicted octanol–water partition coefficient (Wildman–Crippen LogP) is 2.71. The van der Waals surface area contributed by atoms with E-state index in [1.807, 2.05) is 30.3 Å². The highest BCUT2D eigenvalue weighted by molar-refractivity contribution is 6.06. The summed E-state index contributed by atoms with van der Waals surface area (Å²) in [5, 5.41) is 2.47. The molecule has 0 saturated carbocycles. The molecule has 4 nitrogen and oxygen atoms in total. The fourth-order valence-electron chi connectivity index (χ4n) is 1.77. The smallest absolute Gasteiger partial charge is 0.257 e. The van der Waals surface area contributed by atoms with Crippen molar-refractivity contribution in [2.45, 2.75) is 0 Å². The molecule has 1 N–H and O–H groups in total. The van der Waals surface area contributed by atoms with Gasteiger partial charge in [0.2, 0.25) is 0 Å². The molecule has 0 spiro atoms. The van der Waals surface area contributed by atoms with E-state index in [1.165, 1.54) is 6.08 Å². The van der Waals surface area contributed by atoms with Gasteiger partial charge in [0.1, 0.15) is 5.75 Å². The van der Waals surface area contributed by atoms with Crippen molar-refractivity contribution in [3.05, 3.63) is 71.8 Å². The van der Waals surface area contributed by atoms with Crippen molar-refractivity contribution in [2.75, 3.05) is 13.7 Å². The molecule has 0 aliphatic rings. The van der Waals surface area contributed by atoms with Gasteiger partial charge in [-0.1, -0.05) is 36.4 Å². The van der Waals surface area contributed by atoms with Crippen LogP contribution >= 0.6 is 0 Å². The molecule has 0 aromatic heterocycles. The van der Waals surface area contributed by atoms with E-state index in [-0.39, 0.29) is 18.3 Å². The van der Waals surface area contributed by atoms with Crippen molar-refractivity contribution >= 4 is 17.8 Å². The number of allylic oxidation sites excluding steroid dienone is 1. The molecule has 0 fully saturated rings. The zero-order valence-electron chi connectivity index (χ0n) is 12.3. The zero-order valence-corrected chi connectivity index (χ0v) is 12.3. The Hall–Kier alpha value is -2.88. The van der Waals surface area contributed by atoms with Gasteiger partial charge in [-0.3, -0.25) is 9.59 Å². The molecular weight excluding hydrogens is 278 g/mol. The summed E-state index contributed by atoms with van der Waals surface area (Å²) in [6.07, 6.45) is 3.31. The van der Waals surface area contributed by atoms with Crippen LogP contribution in [-0.4, -0.2) is 25.3 Å². The summed E-state index contributed by atoms with van der Waals surface area (Å²) in [7, 11) is 1.55. The predicted molar refractivity (Wildman–Crippen MR) is 85.8 cm³/mol. The molecule has 0 saturated heterocycles. The average molecular weight is 295 g/mol. The molecule has 0 unspecified atom stereocenters. The van der Waals surface area contributed by atoms with Crippen molar-refractivity contribution in [1.29, 1.82) is 0 Å². The number of amides is 1. The van der Waals surface area contributed by atoms with E-state index in [2.05, 4.69) is 5.32 Å². The maximum absolute atomic E-state index is 12.0. The number of likely N-dealkylation sites (N-methyl/N-ethyl adjacent to an activating group) is 1. The quantitative estimate of drug-likeness (QED) is 0.658. The van der Waals surface area contributed by atoms with Gasteiger partial charge in [0.25, 0.3) is 5.91 Å². The first-order valence-electron chi connectivity index (χ1n) is 6.90. The van der Waals surface area contributed by atoms with Crippen LogP contribution in [0.5, 0.6) is 5.75 Å². The molecule has 0 heterocycles. The lowest BCUT2D eigenvalue weighted by Gasteiger charge is -2.05. The summed E-state index contributed by atoms with van der Waals surface area (Å²) >= 11 is 0. The third kappa shape index (κ3) is 4.59. The van der Waals surface area contributed by atoms with Crippen LogP contribution in [0, 0.1) is 0 Å². The molecule has 2 aromatic carbocycles. The lowest BCUT2D eigenvalue weighted by Crippen LogP contribution is -2.24. The highest BCUT2D eigenvalue weighted by Gasteiger charge is 2.03. The Morgan fingerprint density at radius 1 is 1.05 bits per heavy atom. The Bertz CT molecular complexity index is 660. The number of rotatable bonds is 6. The summed E-state index contributed by atoms with van der Waals surface area (Å²) in [5.74, 6) is 0.264. The van der Waals surface area contributed by atoms with Crippen LogP contribution in [0.3, 0.4) is 0 Å². The minimum absolute atomic E-state index is 0.0439. The number of hydrogen-bond donors (Lipinski definition) is 1. The first-order chi connectivity index (χ1) is 10.7. The van der Waals surface area contributed by atoms with Gasteiger partial charge < -0.3 is 10.1 Å². The van der Waals surface area contributed by atoms with Gasteiger partial charge in [-0.15, -0.1) is 0 Å². The van der Waals surface area contributed by atoms with Crippen LogP contribution in [0.1, 0.15) is 15.9 Å². The minimum atomic E-state index is -0.203. The van der Waals surface area contributed by atoms with Crippen LogP contribution in [0.4, 0.5) is 0 Å². The Morgan fingerprint density at radius 3 is 2.36 bits per heavy atom. The van der Waals surface area contributed by atoms with Crippen LogP contribution in [0.15, 0.2) is 60.7 Å². The van der Waals surface area contributed by atoms with Crippen LogP contribution in [0.25, 0.3) is 6.08 Å². The molecule has 0 atom stereocenters. The summed E-state index contributed by atoms with van der Waals surface area (Å²) < 4.78 is 5.28. The second-order valence-corrected chi connectivity index (χ2v) is 4.59. The maximum atomic E-state index is 12.0. The number of carbonyl (C=O) groups excluding carboxylic acids is 2. The van der Waals surface area contributed by atoms with Crippen LogP contribution in [-0.2, 0) is 4.79 Å². The number of nitrogens with one attached hydrogen (secondary N) is 1. The molecule has 4 heteroatoms. The summed E-state index contributed by atoms with van der Waals surface area (Å²) in [5.41, 5.74) is 1.54. The zero-order chi connectivity index (χ0) is 15.8. The van der Waals surface area contributed by atoms with Gasteiger partial charge in [0.05, 0.1) is 0 Å². The van der Waals surface area contributed by atoms with E-state index < -0.39 is 0 Å². The van der Waals surface area contributed by atoms with E-state index in [9.17, 15) is 9.59 Å². The summed E-state index contributed by atoms with van der Waals surface area (Å²) in [6, 6.07) is 16.3. The molecule has 0 aliphatic heterocycles. The Labute approximate surface area is 129 Å². The largest absolute Gasteiger partial charge is 0.484 e. The minimum Gasteiger partial charge on any atom is -0.484 e. The van der Waals surface area contributed by atoms with Gasteiger partial charge in [-0.25, -0.2) is 0 Å². The van der Waals surface area contributed by atoms with Gasteiger partial charge in [-0.05, 0) is 35.9 Å². The molecule has 22 heavy (non-hydrogen) atoms. The number of hydrogen-bond acceptors (Lipinski definition) is 3. The Balaban J connectivity index is 1.96. The first-order valence-corrected chi connectivity index (χ1v) is 6.90. The molecule has 2 aromatic rings. The fraction of sp³-hybridized carbons (Fsp3) is 0.111. The number of carbonyl (C=O) groups is 2. The van der Waals surface area contributed by atoms with E-state index in [0.717, 1.165) is 5.56 Å². The summed E-state index contributed by atoms with van der Waals surface area (Å²) in [4.78, 5) is 23.1. The van der Waals surface area contributed by atoms with Crippen LogP contribution in [0.2, 0.25) is 0 Å². The lowest BCUT2D eigenvalue weighted by molar-refractivity contribution is -0.122. The Kier molecular flexibility index (Phi) is 5.49. The van der Waals surface area contributed by atoms with Gasteiger partial charge in [0, 0.05) is 12.6 Å². The van der Waals surface area contributed by atoms with Gasteiger partial charge in [0.15, 0.2) is 12.4 Å². The van der Waals surface area contributed by atoms with E-state index in [4.69, 9.17) is 4.74 Å². The van der Waals surface area contributed by atoms with Gasteiger partial charge >= 0.3 is 0 Å². The van der Waals surface area contributed by atoms with Gasteiger partial charge in [-0.2, -0.15) is 0 Å². The normalized spacial score (nSPS) is 10.4. The van der Waals surface area contributed by atoms with Crippen molar-refractivity contribution < 1.29 is 14.3 Å². The maximum Gasteiger partial charge on any atom is 0.257 e. The third-order valence-corrected chi connectivity index (χ3v) is 3.01. The first kappa shape index (κ1) is 15.5. The second-order valence-electron chi connectivity index (χ2n) is 4.59.